The molecule has 0 N–H and O–H groups in total. The maximum absolute atomic E-state index is 12.3. The average molecular weight is 257 g/mol. The fraction of sp³-hybridized carbons (Fsp3) is 0.833. The van der Waals surface area contributed by atoms with Gasteiger partial charge in [0.25, 0.3) is 5.91 Å². The Kier molecular flexibility index (Phi) is 4.54. The van der Waals surface area contributed by atoms with Crippen LogP contribution < -0.4 is 0 Å². The van der Waals surface area contributed by atoms with Crippen LogP contribution in [-0.4, -0.2) is 62.4 Å². The van der Waals surface area contributed by atoms with Gasteiger partial charge in [-0.3, -0.25) is 4.79 Å². The number of esters is 1. The number of rotatable bonds is 2. The number of methoxy groups -OCH3 is 1. The fourth-order valence-corrected chi connectivity index (χ4v) is 2.39. The van der Waals surface area contributed by atoms with E-state index in [4.69, 9.17) is 14.2 Å². The highest BCUT2D eigenvalue weighted by atomic mass is 16.6. The van der Waals surface area contributed by atoms with Crippen LogP contribution in [0, 0.1) is 0 Å². The van der Waals surface area contributed by atoms with E-state index in [1.165, 1.54) is 7.11 Å². The van der Waals surface area contributed by atoms with E-state index in [1.54, 1.807) is 4.90 Å². The Morgan fingerprint density at radius 1 is 1.28 bits per heavy atom. The molecule has 2 aliphatic rings. The minimum absolute atomic E-state index is 0.162. The van der Waals surface area contributed by atoms with Gasteiger partial charge in [0, 0.05) is 6.54 Å². The molecule has 2 saturated heterocycles. The van der Waals surface area contributed by atoms with E-state index in [1.807, 2.05) is 0 Å². The maximum atomic E-state index is 12.3. The fourth-order valence-electron chi connectivity index (χ4n) is 2.39. The normalized spacial score (nSPS) is 28.8. The molecule has 1 amide bonds. The van der Waals surface area contributed by atoms with Crippen molar-refractivity contribution in [1.82, 2.24) is 4.90 Å². The van der Waals surface area contributed by atoms with E-state index < -0.39 is 12.1 Å². The van der Waals surface area contributed by atoms with Crippen LogP contribution in [0.4, 0.5) is 0 Å². The summed E-state index contributed by atoms with van der Waals surface area (Å²) in [5.41, 5.74) is 0. The Morgan fingerprint density at radius 2 is 2.11 bits per heavy atom. The Morgan fingerprint density at radius 3 is 2.78 bits per heavy atom. The quantitative estimate of drug-likeness (QED) is 0.649. The number of likely N-dealkylation sites (tertiary alicyclic amines) is 1. The lowest BCUT2D eigenvalue weighted by molar-refractivity contribution is -0.168. The monoisotopic (exact) mass is 257 g/mol. The Bertz CT molecular complexity index is 314. The number of ether oxygens (including phenoxy) is 3. The van der Waals surface area contributed by atoms with Crippen molar-refractivity contribution < 1.29 is 23.8 Å². The largest absolute Gasteiger partial charge is 0.467 e. The van der Waals surface area contributed by atoms with Crippen molar-refractivity contribution in [2.24, 2.45) is 0 Å². The molecule has 0 aliphatic carbocycles. The molecule has 102 valence electrons. The minimum atomic E-state index is -0.580. The molecular formula is C12H19NO5. The van der Waals surface area contributed by atoms with Crippen molar-refractivity contribution in [3.63, 3.8) is 0 Å². The summed E-state index contributed by atoms with van der Waals surface area (Å²) >= 11 is 0. The van der Waals surface area contributed by atoms with E-state index in [9.17, 15) is 9.59 Å². The number of hydrogen-bond acceptors (Lipinski definition) is 5. The topological polar surface area (TPSA) is 65.1 Å². The molecule has 2 atom stereocenters. The van der Waals surface area contributed by atoms with Gasteiger partial charge in [-0.15, -0.1) is 0 Å². The summed E-state index contributed by atoms with van der Waals surface area (Å²) < 4.78 is 15.4. The molecule has 18 heavy (non-hydrogen) atoms. The third-order valence-electron chi connectivity index (χ3n) is 3.35. The first-order valence-electron chi connectivity index (χ1n) is 6.31. The lowest BCUT2D eigenvalue weighted by atomic mass is 10.0. The summed E-state index contributed by atoms with van der Waals surface area (Å²) in [4.78, 5) is 25.6. The minimum Gasteiger partial charge on any atom is -0.467 e. The van der Waals surface area contributed by atoms with Crippen LogP contribution in [0.1, 0.15) is 19.3 Å². The van der Waals surface area contributed by atoms with Crippen molar-refractivity contribution in [1.29, 1.82) is 0 Å². The number of amides is 1. The standard InChI is InChI=1S/C12H19NO5/c1-16-12(15)9-4-2-3-5-13(9)11(14)10-8-17-6-7-18-10/h9-10H,2-8H2,1H3. The summed E-state index contributed by atoms with van der Waals surface area (Å²) in [6, 6.07) is -0.471. The summed E-state index contributed by atoms with van der Waals surface area (Å²) in [6.07, 6.45) is 1.92. The molecule has 0 bridgehead atoms. The highest BCUT2D eigenvalue weighted by Gasteiger charge is 2.37. The van der Waals surface area contributed by atoms with Gasteiger partial charge >= 0.3 is 5.97 Å². The zero-order chi connectivity index (χ0) is 13.0. The predicted octanol–water partition coefficient (Wildman–Crippen LogP) is -0.0441. The highest BCUT2D eigenvalue weighted by Crippen LogP contribution is 2.20. The van der Waals surface area contributed by atoms with Gasteiger partial charge in [-0.2, -0.15) is 0 Å². The molecule has 0 aromatic rings. The van der Waals surface area contributed by atoms with Gasteiger partial charge in [0.15, 0.2) is 6.10 Å². The Labute approximate surface area is 106 Å². The van der Waals surface area contributed by atoms with E-state index >= 15 is 0 Å². The second kappa shape index (κ2) is 6.15. The van der Waals surface area contributed by atoms with Crippen molar-refractivity contribution in [3.8, 4) is 0 Å². The highest BCUT2D eigenvalue weighted by molar-refractivity contribution is 5.87. The van der Waals surface area contributed by atoms with Crippen LogP contribution in [0.15, 0.2) is 0 Å². The van der Waals surface area contributed by atoms with Gasteiger partial charge in [-0.1, -0.05) is 0 Å². The molecule has 2 rings (SSSR count). The van der Waals surface area contributed by atoms with E-state index in [-0.39, 0.29) is 18.5 Å². The third-order valence-corrected chi connectivity index (χ3v) is 3.35. The van der Waals surface area contributed by atoms with Crippen molar-refractivity contribution in [2.75, 3.05) is 33.5 Å². The molecule has 0 radical (unpaired) electrons. The van der Waals surface area contributed by atoms with Crippen LogP contribution in [-0.2, 0) is 23.8 Å². The summed E-state index contributed by atoms with van der Waals surface area (Å²) in [6.45, 7) is 1.79. The Hall–Kier alpha value is -1.14. The van der Waals surface area contributed by atoms with Gasteiger partial charge in [-0.05, 0) is 19.3 Å². The van der Waals surface area contributed by atoms with Crippen molar-refractivity contribution in [2.45, 2.75) is 31.4 Å². The van der Waals surface area contributed by atoms with E-state index in [0.717, 1.165) is 12.8 Å². The number of carbonyl (C=O) groups is 2. The molecule has 0 aromatic heterocycles. The molecule has 2 unspecified atom stereocenters. The van der Waals surface area contributed by atoms with Crippen LogP contribution in [0.2, 0.25) is 0 Å². The van der Waals surface area contributed by atoms with Crippen LogP contribution >= 0.6 is 0 Å². The first-order valence-corrected chi connectivity index (χ1v) is 6.31. The van der Waals surface area contributed by atoms with E-state index in [2.05, 4.69) is 0 Å². The molecule has 0 spiro atoms. The molecular weight excluding hydrogens is 238 g/mol. The summed E-state index contributed by atoms with van der Waals surface area (Å²) in [5, 5.41) is 0. The van der Waals surface area contributed by atoms with Gasteiger partial charge in [0.05, 0.1) is 26.9 Å². The molecule has 0 aromatic carbocycles. The summed E-state index contributed by atoms with van der Waals surface area (Å²) in [5.74, 6) is -0.510. The maximum Gasteiger partial charge on any atom is 0.328 e. The molecule has 0 saturated carbocycles. The van der Waals surface area contributed by atoms with Crippen LogP contribution in [0.25, 0.3) is 0 Å². The second-order valence-electron chi connectivity index (χ2n) is 4.50. The average Bonchev–Trinajstić information content (AvgIpc) is 2.46. The van der Waals surface area contributed by atoms with Crippen LogP contribution in [0.3, 0.4) is 0 Å². The predicted molar refractivity (Wildman–Crippen MR) is 61.9 cm³/mol. The molecule has 2 heterocycles. The van der Waals surface area contributed by atoms with Gasteiger partial charge in [0.1, 0.15) is 6.04 Å². The molecule has 6 nitrogen and oxygen atoms in total. The second-order valence-corrected chi connectivity index (χ2v) is 4.50. The number of nitrogens with zero attached hydrogens (tertiary/aromatic N) is 1. The van der Waals surface area contributed by atoms with Crippen molar-refractivity contribution >= 4 is 11.9 Å². The molecule has 2 aliphatic heterocycles. The SMILES string of the molecule is COC(=O)C1CCCCN1C(=O)C1COCCO1. The first-order chi connectivity index (χ1) is 8.74. The third kappa shape index (κ3) is 2.81. The lowest BCUT2D eigenvalue weighted by Gasteiger charge is -2.36. The Balaban J connectivity index is 2.03. The van der Waals surface area contributed by atoms with E-state index in [0.29, 0.717) is 26.2 Å². The zero-order valence-electron chi connectivity index (χ0n) is 10.6. The zero-order valence-corrected chi connectivity index (χ0v) is 10.6. The van der Waals surface area contributed by atoms with Crippen molar-refractivity contribution in [3.05, 3.63) is 0 Å². The first kappa shape index (κ1) is 13.3. The van der Waals surface area contributed by atoms with Gasteiger partial charge in [-0.25, -0.2) is 4.79 Å². The van der Waals surface area contributed by atoms with Gasteiger partial charge < -0.3 is 19.1 Å². The smallest absolute Gasteiger partial charge is 0.328 e. The molecule has 6 heteroatoms. The lowest BCUT2D eigenvalue weighted by Crippen LogP contribution is -2.54. The van der Waals surface area contributed by atoms with Gasteiger partial charge in [0.2, 0.25) is 0 Å². The number of piperidine rings is 1. The molecule has 2 fully saturated rings. The number of carbonyl (C=O) groups excluding carboxylic acids is 2. The van der Waals surface area contributed by atoms with Crippen LogP contribution in [0.5, 0.6) is 0 Å². The summed E-state index contributed by atoms with van der Waals surface area (Å²) in [7, 11) is 1.35. The number of hydrogen-bond donors (Lipinski definition) is 0.